The van der Waals surface area contributed by atoms with Crippen LogP contribution in [-0.4, -0.2) is 69.3 Å². The summed E-state index contributed by atoms with van der Waals surface area (Å²) < 4.78 is 4.67. The van der Waals surface area contributed by atoms with E-state index in [1.807, 2.05) is 0 Å². The third-order valence-electron chi connectivity index (χ3n) is 2.35. The molecule has 6 atom stereocenters. The van der Waals surface area contributed by atoms with E-state index >= 15 is 0 Å². The van der Waals surface area contributed by atoms with Gasteiger partial charge in [-0.3, -0.25) is 0 Å². The van der Waals surface area contributed by atoms with E-state index in [9.17, 15) is 20.4 Å². The molecule has 0 bridgehead atoms. The fourth-order valence-electron chi connectivity index (χ4n) is 1.48. The monoisotopic (exact) mass is 194 g/mol. The molecule has 13 heavy (non-hydrogen) atoms. The van der Waals surface area contributed by atoms with Crippen LogP contribution in [0.4, 0.5) is 0 Å². The maximum atomic E-state index is 9.29. The van der Waals surface area contributed by atoms with E-state index in [2.05, 4.69) is 4.74 Å². The molecule has 0 aromatic rings. The van der Waals surface area contributed by atoms with Gasteiger partial charge in [-0.05, 0) is 0 Å². The molecule has 6 heteroatoms. The molecule has 0 aliphatic heterocycles. The molecule has 0 amide bonds. The fraction of sp³-hybridized carbons (Fsp3) is 1.00. The van der Waals surface area contributed by atoms with Crippen molar-refractivity contribution in [2.24, 2.45) is 0 Å². The molecule has 0 heterocycles. The lowest BCUT2D eigenvalue weighted by molar-refractivity contribution is -0.229. The van der Waals surface area contributed by atoms with Crippen molar-refractivity contribution in [3.05, 3.63) is 0 Å². The summed E-state index contributed by atoms with van der Waals surface area (Å²) in [5.74, 6) is 0. The van der Waals surface area contributed by atoms with E-state index in [-0.39, 0.29) is 0 Å². The minimum Gasteiger partial charge on any atom is -0.387 e. The van der Waals surface area contributed by atoms with E-state index in [0.29, 0.717) is 0 Å². The summed E-state index contributed by atoms with van der Waals surface area (Å²) in [5, 5.41) is 46.1. The Hall–Kier alpha value is -0.240. The van der Waals surface area contributed by atoms with Crippen molar-refractivity contribution in [3.8, 4) is 0 Å². The lowest BCUT2D eigenvalue weighted by atomic mass is 9.85. The highest BCUT2D eigenvalue weighted by atomic mass is 16.5. The van der Waals surface area contributed by atoms with E-state index in [1.165, 1.54) is 7.11 Å². The maximum Gasteiger partial charge on any atom is 0.114 e. The second-order valence-corrected chi connectivity index (χ2v) is 3.15. The van der Waals surface area contributed by atoms with Gasteiger partial charge < -0.3 is 30.3 Å². The molecule has 6 nitrogen and oxygen atoms in total. The van der Waals surface area contributed by atoms with Gasteiger partial charge in [0.15, 0.2) is 0 Å². The highest BCUT2D eigenvalue weighted by Gasteiger charge is 2.48. The van der Waals surface area contributed by atoms with Gasteiger partial charge in [-0.1, -0.05) is 0 Å². The predicted octanol–water partition coefficient (Wildman–Crippen LogP) is -3.18. The maximum absolute atomic E-state index is 9.29. The summed E-state index contributed by atoms with van der Waals surface area (Å²) in [6, 6.07) is 0. The lowest BCUT2D eigenvalue weighted by Gasteiger charge is -2.40. The molecule has 1 aliphatic carbocycles. The average Bonchev–Trinajstić information content (AvgIpc) is 2.13. The molecule has 78 valence electrons. The van der Waals surface area contributed by atoms with Crippen molar-refractivity contribution in [2.45, 2.75) is 36.6 Å². The third-order valence-corrected chi connectivity index (χ3v) is 2.35. The number of aliphatic hydroxyl groups excluding tert-OH is 5. The van der Waals surface area contributed by atoms with Crippen LogP contribution in [0.1, 0.15) is 0 Å². The van der Waals surface area contributed by atoms with Crippen molar-refractivity contribution in [1.29, 1.82) is 0 Å². The number of aliphatic hydroxyl groups is 5. The van der Waals surface area contributed by atoms with Gasteiger partial charge in [0.1, 0.15) is 36.6 Å². The van der Waals surface area contributed by atoms with Gasteiger partial charge in [-0.25, -0.2) is 0 Å². The zero-order valence-corrected chi connectivity index (χ0v) is 7.11. The second-order valence-electron chi connectivity index (χ2n) is 3.15. The molecule has 1 rings (SSSR count). The van der Waals surface area contributed by atoms with Crippen molar-refractivity contribution in [2.75, 3.05) is 7.11 Å². The quantitative estimate of drug-likeness (QED) is 0.301. The summed E-state index contributed by atoms with van der Waals surface area (Å²) in [7, 11) is 1.23. The van der Waals surface area contributed by atoms with E-state index < -0.39 is 36.6 Å². The Morgan fingerprint density at radius 1 is 0.692 bits per heavy atom. The zero-order valence-electron chi connectivity index (χ0n) is 7.11. The minimum atomic E-state index is -1.56. The zero-order chi connectivity index (χ0) is 10.2. The second kappa shape index (κ2) is 3.87. The van der Waals surface area contributed by atoms with Gasteiger partial charge in [0, 0.05) is 7.11 Å². The van der Waals surface area contributed by atoms with Crippen LogP contribution in [0.3, 0.4) is 0 Å². The van der Waals surface area contributed by atoms with Gasteiger partial charge in [0.2, 0.25) is 0 Å². The molecule has 1 fully saturated rings. The van der Waals surface area contributed by atoms with Crippen LogP contribution in [0, 0.1) is 0 Å². The van der Waals surface area contributed by atoms with Gasteiger partial charge in [0.05, 0.1) is 0 Å². The van der Waals surface area contributed by atoms with Gasteiger partial charge in [-0.15, -0.1) is 0 Å². The molecule has 5 N–H and O–H groups in total. The van der Waals surface area contributed by atoms with Crippen molar-refractivity contribution >= 4 is 0 Å². The Kier molecular flexibility index (Phi) is 3.23. The Morgan fingerprint density at radius 3 is 1.31 bits per heavy atom. The first-order valence-corrected chi connectivity index (χ1v) is 3.93. The molecule has 1 saturated carbocycles. The Morgan fingerprint density at radius 2 is 1.00 bits per heavy atom. The van der Waals surface area contributed by atoms with Crippen LogP contribution >= 0.6 is 0 Å². The van der Waals surface area contributed by atoms with Crippen LogP contribution < -0.4 is 0 Å². The molecule has 1 aliphatic rings. The highest BCUT2D eigenvalue weighted by molar-refractivity contribution is 4.99. The SMILES string of the molecule is COC1[C@@H](O)[C@@H](O)C(O)[C@H](O)[C@H]1O. The number of hydrogen-bond acceptors (Lipinski definition) is 6. The number of ether oxygens (including phenoxy) is 1. The molecular weight excluding hydrogens is 180 g/mol. The Labute approximate surface area is 75.0 Å². The summed E-state index contributed by atoms with van der Waals surface area (Å²) in [6.45, 7) is 0. The highest BCUT2D eigenvalue weighted by Crippen LogP contribution is 2.23. The smallest absolute Gasteiger partial charge is 0.114 e. The van der Waals surface area contributed by atoms with E-state index in [4.69, 9.17) is 5.11 Å². The first-order chi connectivity index (χ1) is 6.00. The topological polar surface area (TPSA) is 110 Å². The number of hydrogen-bond donors (Lipinski definition) is 5. The average molecular weight is 194 g/mol. The summed E-state index contributed by atoms with van der Waals surface area (Å²) >= 11 is 0. The first kappa shape index (κ1) is 10.8. The van der Waals surface area contributed by atoms with Crippen LogP contribution in [0.25, 0.3) is 0 Å². The summed E-state index contributed by atoms with van der Waals surface area (Å²) in [6.07, 6.45) is -8.48. The van der Waals surface area contributed by atoms with Crippen LogP contribution in [0.15, 0.2) is 0 Å². The van der Waals surface area contributed by atoms with Crippen molar-refractivity contribution in [3.63, 3.8) is 0 Å². The molecule has 0 aromatic heterocycles. The summed E-state index contributed by atoms with van der Waals surface area (Å²) in [4.78, 5) is 0. The normalized spacial score (nSPS) is 52.2. The number of methoxy groups -OCH3 is 1. The molecule has 0 aromatic carbocycles. The standard InChI is InChI=1S/C7H14O6/c1-13-7-5(11)3(9)2(8)4(10)6(7)12/h2-12H,1H3/t2?,3-,4-,5-,6+,7?/m0/s1. The molecule has 0 saturated heterocycles. The predicted molar refractivity (Wildman–Crippen MR) is 40.8 cm³/mol. The van der Waals surface area contributed by atoms with Crippen LogP contribution in [0.5, 0.6) is 0 Å². The first-order valence-electron chi connectivity index (χ1n) is 3.93. The molecule has 2 unspecified atom stereocenters. The van der Waals surface area contributed by atoms with Crippen molar-refractivity contribution in [1.82, 2.24) is 0 Å². The van der Waals surface area contributed by atoms with E-state index in [0.717, 1.165) is 0 Å². The Bertz CT molecular complexity index is 158. The summed E-state index contributed by atoms with van der Waals surface area (Å²) in [5.41, 5.74) is 0. The van der Waals surface area contributed by atoms with E-state index in [1.54, 1.807) is 0 Å². The van der Waals surface area contributed by atoms with Gasteiger partial charge >= 0.3 is 0 Å². The minimum absolute atomic E-state index is 1.09. The molecular formula is C7H14O6. The third kappa shape index (κ3) is 1.69. The Balaban J connectivity index is 2.79. The van der Waals surface area contributed by atoms with Crippen molar-refractivity contribution < 1.29 is 30.3 Å². The molecule has 0 spiro atoms. The lowest BCUT2D eigenvalue weighted by Crippen LogP contribution is -2.64. The fourth-order valence-corrected chi connectivity index (χ4v) is 1.48. The molecule has 0 radical (unpaired) electrons. The van der Waals surface area contributed by atoms with Gasteiger partial charge in [0.25, 0.3) is 0 Å². The number of rotatable bonds is 1. The largest absolute Gasteiger partial charge is 0.387 e. The van der Waals surface area contributed by atoms with Gasteiger partial charge in [-0.2, -0.15) is 0 Å². The van der Waals surface area contributed by atoms with Crippen LogP contribution in [0.2, 0.25) is 0 Å². The van der Waals surface area contributed by atoms with Crippen LogP contribution in [-0.2, 0) is 4.74 Å².